The summed E-state index contributed by atoms with van der Waals surface area (Å²) in [4.78, 5) is 12.0. The molecule has 1 aromatic heterocycles. The summed E-state index contributed by atoms with van der Waals surface area (Å²) in [6.07, 6.45) is -4.48. The SMILES string of the molecule is Nn1c(COc2ccccc2)nnc1SCC(=O)Nc1cccc(C(F)(F)F)c1. The summed E-state index contributed by atoms with van der Waals surface area (Å²) in [7, 11) is 0. The molecule has 1 heterocycles. The van der Waals surface area contributed by atoms with Crippen LogP contribution >= 0.6 is 11.8 Å². The van der Waals surface area contributed by atoms with Gasteiger partial charge in [0.05, 0.1) is 11.3 Å². The zero-order chi connectivity index (χ0) is 20.9. The second kappa shape index (κ2) is 8.86. The average Bonchev–Trinajstić information content (AvgIpc) is 3.05. The Morgan fingerprint density at radius 1 is 1.14 bits per heavy atom. The molecule has 0 saturated carbocycles. The molecule has 3 rings (SSSR count). The highest BCUT2D eigenvalue weighted by molar-refractivity contribution is 7.99. The standard InChI is InChI=1S/C18H16F3N5O2S/c19-18(20,21)12-5-4-6-13(9-12)23-16(27)11-29-17-25-24-15(26(17)22)10-28-14-7-2-1-3-8-14/h1-9H,10-11,22H2,(H,23,27). The molecule has 3 aromatic rings. The van der Waals surface area contributed by atoms with Crippen molar-refractivity contribution in [3.05, 3.63) is 66.0 Å². The van der Waals surface area contributed by atoms with E-state index in [1.54, 1.807) is 12.1 Å². The van der Waals surface area contributed by atoms with Crippen molar-refractivity contribution < 1.29 is 22.7 Å². The minimum absolute atomic E-state index is 0.0524. The summed E-state index contributed by atoms with van der Waals surface area (Å²) in [6, 6.07) is 13.5. The van der Waals surface area contributed by atoms with Crippen LogP contribution in [0, 0.1) is 0 Å². The molecule has 0 radical (unpaired) electrons. The maximum absolute atomic E-state index is 12.7. The summed E-state index contributed by atoms with van der Waals surface area (Å²) < 4.78 is 44.9. The summed E-state index contributed by atoms with van der Waals surface area (Å²) in [5.41, 5.74) is -0.788. The van der Waals surface area contributed by atoms with Gasteiger partial charge in [-0.25, -0.2) is 4.68 Å². The Balaban J connectivity index is 1.54. The van der Waals surface area contributed by atoms with E-state index >= 15 is 0 Å². The van der Waals surface area contributed by atoms with Gasteiger partial charge in [-0.2, -0.15) is 13.2 Å². The predicted molar refractivity (Wildman–Crippen MR) is 102 cm³/mol. The largest absolute Gasteiger partial charge is 0.486 e. The van der Waals surface area contributed by atoms with Gasteiger partial charge in [-0.1, -0.05) is 36.0 Å². The lowest BCUT2D eigenvalue weighted by Gasteiger charge is -2.09. The van der Waals surface area contributed by atoms with E-state index in [9.17, 15) is 18.0 Å². The fraction of sp³-hybridized carbons (Fsp3) is 0.167. The van der Waals surface area contributed by atoms with Gasteiger partial charge in [0.25, 0.3) is 0 Å². The molecule has 2 aromatic carbocycles. The molecule has 0 fully saturated rings. The molecule has 1 amide bonds. The second-order valence-electron chi connectivity index (χ2n) is 5.79. The Hall–Kier alpha value is -3.21. The number of hydrogen-bond donors (Lipinski definition) is 2. The van der Waals surface area contributed by atoms with Crippen molar-refractivity contribution in [1.29, 1.82) is 0 Å². The lowest BCUT2D eigenvalue weighted by atomic mass is 10.2. The monoisotopic (exact) mass is 423 g/mol. The number of nitrogen functional groups attached to an aromatic ring is 1. The van der Waals surface area contributed by atoms with E-state index < -0.39 is 17.6 Å². The molecular formula is C18H16F3N5O2S. The number of carbonyl (C=O) groups excluding carboxylic acids is 1. The molecule has 0 bridgehead atoms. The Morgan fingerprint density at radius 2 is 1.90 bits per heavy atom. The molecule has 0 saturated heterocycles. The van der Waals surface area contributed by atoms with Crippen LogP contribution in [0.25, 0.3) is 0 Å². The minimum atomic E-state index is -4.48. The third kappa shape index (κ3) is 5.64. The molecule has 11 heteroatoms. The number of anilines is 1. The van der Waals surface area contributed by atoms with Gasteiger partial charge in [0.1, 0.15) is 12.4 Å². The molecule has 0 aliphatic rings. The topological polar surface area (TPSA) is 95.1 Å². The molecule has 0 aliphatic heterocycles. The lowest BCUT2D eigenvalue weighted by molar-refractivity contribution is -0.137. The number of halogens is 3. The van der Waals surface area contributed by atoms with Crippen LogP contribution in [-0.4, -0.2) is 26.5 Å². The highest BCUT2D eigenvalue weighted by Gasteiger charge is 2.30. The first-order valence-corrected chi connectivity index (χ1v) is 9.28. The third-order valence-electron chi connectivity index (χ3n) is 3.65. The van der Waals surface area contributed by atoms with Crippen LogP contribution in [0.3, 0.4) is 0 Å². The van der Waals surface area contributed by atoms with Crippen LogP contribution < -0.4 is 15.9 Å². The van der Waals surface area contributed by atoms with Crippen LogP contribution in [0.4, 0.5) is 18.9 Å². The predicted octanol–water partition coefficient (Wildman–Crippen LogP) is 3.32. The number of para-hydroxylation sites is 1. The number of ether oxygens (including phenoxy) is 1. The van der Waals surface area contributed by atoms with E-state index in [0.29, 0.717) is 11.6 Å². The number of carbonyl (C=O) groups is 1. The molecular weight excluding hydrogens is 407 g/mol. The average molecular weight is 423 g/mol. The van der Waals surface area contributed by atoms with Crippen molar-refractivity contribution >= 4 is 23.4 Å². The fourth-order valence-electron chi connectivity index (χ4n) is 2.27. The number of nitrogens with zero attached hydrogens (tertiary/aromatic N) is 3. The van der Waals surface area contributed by atoms with Crippen molar-refractivity contribution in [2.24, 2.45) is 0 Å². The first-order chi connectivity index (χ1) is 13.8. The first-order valence-electron chi connectivity index (χ1n) is 8.30. The van der Waals surface area contributed by atoms with Gasteiger partial charge in [-0.15, -0.1) is 10.2 Å². The van der Waals surface area contributed by atoms with Crippen LogP contribution in [0.2, 0.25) is 0 Å². The maximum atomic E-state index is 12.7. The van der Waals surface area contributed by atoms with Crippen molar-refractivity contribution in [1.82, 2.24) is 14.9 Å². The van der Waals surface area contributed by atoms with Crippen molar-refractivity contribution in [3.8, 4) is 5.75 Å². The van der Waals surface area contributed by atoms with Gasteiger partial charge < -0.3 is 15.9 Å². The van der Waals surface area contributed by atoms with E-state index in [-0.39, 0.29) is 23.2 Å². The number of nitrogens with two attached hydrogens (primary N) is 1. The van der Waals surface area contributed by atoms with Crippen LogP contribution in [0.1, 0.15) is 11.4 Å². The normalized spacial score (nSPS) is 11.3. The Morgan fingerprint density at radius 3 is 2.62 bits per heavy atom. The molecule has 29 heavy (non-hydrogen) atoms. The molecule has 152 valence electrons. The number of benzene rings is 2. The summed E-state index contributed by atoms with van der Waals surface area (Å²) in [5.74, 6) is 6.30. The smallest absolute Gasteiger partial charge is 0.416 e. The number of rotatable bonds is 7. The van der Waals surface area contributed by atoms with Crippen LogP contribution in [0.15, 0.2) is 59.8 Å². The Kier molecular flexibility index (Phi) is 6.27. The highest BCUT2D eigenvalue weighted by Crippen LogP contribution is 2.30. The summed E-state index contributed by atoms with van der Waals surface area (Å²) in [6.45, 7) is 0.0878. The first kappa shape index (κ1) is 20.5. The lowest BCUT2D eigenvalue weighted by Crippen LogP contribution is -2.18. The molecule has 0 atom stereocenters. The summed E-state index contributed by atoms with van der Waals surface area (Å²) in [5, 5.41) is 10.5. The van der Waals surface area contributed by atoms with E-state index in [1.165, 1.54) is 16.8 Å². The second-order valence-corrected chi connectivity index (χ2v) is 6.73. The molecule has 7 nitrogen and oxygen atoms in total. The number of nitrogens with one attached hydrogen (secondary N) is 1. The van der Waals surface area contributed by atoms with Crippen molar-refractivity contribution in [2.75, 3.05) is 16.9 Å². The van der Waals surface area contributed by atoms with E-state index in [2.05, 4.69) is 15.5 Å². The molecule has 0 spiro atoms. The van der Waals surface area contributed by atoms with Crippen molar-refractivity contribution in [3.63, 3.8) is 0 Å². The number of amides is 1. The fourth-order valence-corrected chi connectivity index (χ4v) is 2.94. The van der Waals surface area contributed by atoms with Crippen LogP contribution in [-0.2, 0) is 17.6 Å². The minimum Gasteiger partial charge on any atom is -0.486 e. The van der Waals surface area contributed by atoms with E-state index in [1.807, 2.05) is 18.2 Å². The summed E-state index contributed by atoms with van der Waals surface area (Å²) >= 11 is 1.00. The molecule has 0 aliphatic carbocycles. The van der Waals surface area contributed by atoms with Gasteiger partial charge in [-0.05, 0) is 30.3 Å². The number of alkyl halides is 3. The van der Waals surface area contributed by atoms with Gasteiger partial charge >= 0.3 is 6.18 Å². The van der Waals surface area contributed by atoms with Crippen LogP contribution in [0.5, 0.6) is 5.75 Å². The van der Waals surface area contributed by atoms with Gasteiger partial charge in [0.2, 0.25) is 11.1 Å². The van der Waals surface area contributed by atoms with Gasteiger partial charge in [0.15, 0.2) is 5.82 Å². The number of hydrogen-bond acceptors (Lipinski definition) is 6. The number of aromatic nitrogens is 3. The third-order valence-corrected chi connectivity index (χ3v) is 4.60. The quantitative estimate of drug-likeness (QED) is 0.447. The van der Waals surface area contributed by atoms with E-state index in [4.69, 9.17) is 10.6 Å². The Bertz CT molecular complexity index is 979. The molecule has 3 N–H and O–H groups in total. The van der Waals surface area contributed by atoms with Gasteiger partial charge in [0, 0.05) is 5.69 Å². The van der Waals surface area contributed by atoms with Crippen molar-refractivity contribution in [2.45, 2.75) is 17.9 Å². The van der Waals surface area contributed by atoms with Gasteiger partial charge in [-0.3, -0.25) is 4.79 Å². The number of thioether (sulfide) groups is 1. The maximum Gasteiger partial charge on any atom is 0.416 e. The molecule has 0 unspecified atom stereocenters. The highest BCUT2D eigenvalue weighted by atomic mass is 32.2. The zero-order valence-corrected chi connectivity index (χ0v) is 15.7. The van der Waals surface area contributed by atoms with E-state index in [0.717, 1.165) is 23.9 Å². The Labute approximate surface area is 168 Å². The zero-order valence-electron chi connectivity index (χ0n) is 14.9.